The molecule has 0 atom stereocenters. The Morgan fingerprint density at radius 2 is 1.88 bits per heavy atom. The van der Waals surface area contributed by atoms with Crippen molar-refractivity contribution in [3.63, 3.8) is 0 Å². The summed E-state index contributed by atoms with van der Waals surface area (Å²) in [4.78, 5) is 10.9. The minimum Gasteiger partial charge on any atom is -0.395 e. The number of rotatable bonds is 5. The third kappa shape index (κ3) is 4.14. The molecule has 1 amide bonds. The molecule has 7 heteroatoms. The fraction of sp³-hybridized carbons (Fsp3) is 0.300. The van der Waals surface area contributed by atoms with E-state index in [1.165, 1.54) is 31.2 Å². The van der Waals surface area contributed by atoms with Gasteiger partial charge in [0.15, 0.2) is 0 Å². The average Bonchev–Trinajstić information content (AvgIpc) is 2.26. The summed E-state index contributed by atoms with van der Waals surface area (Å²) in [7, 11) is -3.59. The molecule has 0 aromatic heterocycles. The fourth-order valence-corrected chi connectivity index (χ4v) is 2.21. The summed E-state index contributed by atoms with van der Waals surface area (Å²) < 4.78 is 25.5. The maximum atomic E-state index is 11.6. The molecule has 0 bridgehead atoms. The van der Waals surface area contributed by atoms with Crippen molar-refractivity contribution in [3.8, 4) is 0 Å². The van der Waals surface area contributed by atoms with E-state index in [4.69, 9.17) is 5.11 Å². The quantitative estimate of drug-likeness (QED) is 0.688. The van der Waals surface area contributed by atoms with Gasteiger partial charge in [-0.05, 0) is 24.3 Å². The van der Waals surface area contributed by atoms with Crippen molar-refractivity contribution in [1.82, 2.24) is 4.72 Å². The molecule has 0 heterocycles. The number of amides is 1. The van der Waals surface area contributed by atoms with Crippen LogP contribution in [-0.4, -0.2) is 32.6 Å². The second-order valence-corrected chi connectivity index (χ2v) is 5.09. The molecule has 0 aliphatic rings. The van der Waals surface area contributed by atoms with Gasteiger partial charge in [-0.15, -0.1) is 0 Å². The van der Waals surface area contributed by atoms with Crippen molar-refractivity contribution < 1.29 is 18.3 Å². The predicted octanol–water partition coefficient (Wildman–Crippen LogP) is -0.0844. The minimum absolute atomic E-state index is 0.0320. The lowest BCUT2D eigenvalue weighted by atomic mass is 10.3. The van der Waals surface area contributed by atoms with Crippen molar-refractivity contribution in [2.24, 2.45) is 0 Å². The molecule has 1 aromatic carbocycles. The highest BCUT2D eigenvalue weighted by Gasteiger charge is 2.12. The van der Waals surface area contributed by atoms with E-state index in [1.807, 2.05) is 0 Å². The lowest BCUT2D eigenvalue weighted by Crippen LogP contribution is -2.26. The Morgan fingerprint density at radius 3 is 2.35 bits per heavy atom. The van der Waals surface area contributed by atoms with Crippen LogP contribution in [0.15, 0.2) is 29.2 Å². The summed E-state index contributed by atoms with van der Waals surface area (Å²) in [5, 5.41) is 11.1. The first-order chi connectivity index (χ1) is 7.95. The average molecular weight is 258 g/mol. The summed E-state index contributed by atoms with van der Waals surface area (Å²) in [6.07, 6.45) is 0. The molecule has 0 aliphatic carbocycles. The molecule has 0 radical (unpaired) electrons. The van der Waals surface area contributed by atoms with E-state index in [-0.39, 0.29) is 24.0 Å². The Bertz CT molecular complexity index is 482. The molecule has 17 heavy (non-hydrogen) atoms. The van der Waals surface area contributed by atoms with E-state index in [1.54, 1.807) is 0 Å². The van der Waals surface area contributed by atoms with Crippen LogP contribution in [0.25, 0.3) is 0 Å². The lowest BCUT2D eigenvalue weighted by molar-refractivity contribution is -0.114. The number of anilines is 1. The van der Waals surface area contributed by atoms with Crippen LogP contribution in [0.1, 0.15) is 6.92 Å². The normalized spacial score (nSPS) is 11.2. The molecule has 6 nitrogen and oxygen atoms in total. The third-order valence-corrected chi connectivity index (χ3v) is 3.37. The zero-order valence-electron chi connectivity index (χ0n) is 9.30. The Balaban J connectivity index is 2.83. The third-order valence-electron chi connectivity index (χ3n) is 1.89. The highest BCUT2D eigenvalue weighted by atomic mass is 32.2. The van der Waals surface area contributed by atoms with Crippen LogP contribution in [0.4, 0.5) is 5.69 Å². The first-order valence-corrected chi connectivity index (χ1v) is 6.42. The smallest absolute Gasteiger partial charge is 0.240 e. The van der Waals surface area contributed by atoms with E-state index in [2.05, 4.69) is 10.0 Å². The summed E-state index contributed by atoms with van der Waals surface area (Å²) in [6, 6.07) is 5.75. The van der Waals surface area contributed by atoms with E-state index in [0.717, 1.165) is 0 Å². The van der Waals surface area contributed by atoms with Gasteiger partial charge in [0.2, 0.25) is 15.9 Å². The number of aliphatic hydroxyl groups excluding tert-OH is 1. The fourth-order valence-electron chi connectivity index (χ4n) is 1.18. The van der Waals surface area contributed by atoms with Crippen LogP contribution in [0.2, 0.25) is 0 Å². The van der Waals surface area contributed by atoms with Gasteiger partial charge >= 0.3 is 0 Å². The molecule has 0 unspecified atom stereocenters. The maximum Gasteiger partial charge on any atom is 0.240 e. The topological polar surface area (TPSA) is 95.5 Å². The SMILES string of the molecule is CC(=O)Nc1ccc(S(=O)(=O)NCCO)cc1. The lowest BCUT2D eigenvalue weighted by Gasteiger charge is -2.06. The van der Waals surface area contributed by atoms with Gasteiger partial charge in [-0.25, -0.2) is 13.1 Å². The van der Waals surface area contributed by atoms with Crippen LogP contribution in [-0.2, 0) is 14.8 Å². The minimum atomic E-state index is -3.59. The number of sulfonamides is 1. The van der Waals surface area contributed by atoms with Gasteiger partial charge in [0.1, 0.15) is 0 Å². The Morgan fingerprint density at radius 1 is 1.29 bits per heavy atom. The number of nitrogens with one attached hydrogen (secondary N) is 2. The first kappa shape index (κ1) is 13.6. The van der Waals surface area contributed by atoms with Gasteiger partial charge in [0.25, 0.3) is 0 Å². The second kappa shape index (κ2) is 5.76. The van der Waals surface area contributed by atoms with Gasteiger partial charge in [-0.3, -0.25) is 4.79 Å². The molecule has 0 aliphatic heterocycles. The number of carbonyl (C=O) groups is 1. The van der Waals surface area contributed by atoms with E-state index in [0.29, 0.717) is 5.69 Å². The van der Waals surface area contributed by atoms with E-state index >= 15 is 0 Å². The summed E-state index contributed by atoms with van der Waals surface area (Å²) in [5.74, 6) is -0.223. The molecule has 0 saturated carbocycles. The molecule has 94 valence electrons. The van der Waals surface area contributed by atoms with Crippen molar-refractivity contribution in [2.75, 3.05) is 18.5 Å². The van der Waals surface area contributed by atoms with Crippen molar-refractivity contribution in [2.45, 2.75) is 11.8 Å². The van der Waals surface area contributed by atoms with Gasteiger partial charge in [0, 0.05) is 19.2 Å². The van der Waals surface area contributed by atoms with Gasteiger partial charge in [0.05, 0.1) is 11.5 Å². The molecule has 0 spiro atoms. The van der Waals surface area contributed by atoms with Crippen molar-refractivity contribution in [1.29, 1.82) is 0 Å². The largest absolute Gasteiger partial charge is 0.395 e. The van der Waals surface area contributed by atoms with Gasteiger partial charge in [-0.1, -0.05) is 0 Å². The first-order valence-electron chi connectivity index (χ1n) is 4.94. The van der Waals surface area contributed by atoms with Crippen LogP contribution in [0.3, 0.4) is 0 Å². The number of aliphatic hydroxyl groups is 1. The monoisotopic (exact) mass is 258 g/mol. The predicted molar refractivity (Wildman–Crippen MR) is 63.0 cm³/mol. The summed E-state index contributed by atoms with van der Waals surface area (Å²) in [6.45, 7) is 1.08. The van der Waals surface area contributed by atoms with Gasteiger partial charge < -0.3 is 10.4 Å². The standard InChI is InChI=1S/C10H14N2O4S/c1-8(14)12-9-2-4-10(5-3-9)17(15,16)11-6-7-13/h2-5,11,13H,6-7H2,1H3,(H,12,14). The van der Waals surface area contributed by atoms with Gasteiger partial charge in [-0.2, -0.15) is 0 Å². The van der Waals surface area contributed by atoms with E-state index < -0.39 is 10.0 Å². The number of benzene rings is 1. The van der Waals surface area contributed by atoms with Crippen molar-refractivity contribution in [3.05, 3.63) is 24.3 Å². The zero-order valence-corrected chi connectivity index (χ0v) is 10.1. The van der Waals surface area contributed by atoms with Crippen LogP contribution in [0.5, 0.6) is 0 Å². The van der Waals surface area contributed by atoms with Crippen LogP contribution < -0.4 is 10.0 Å². The molecule has 3 N–H and O–H groups in total. The Labute approximate surface area is 99.7 Å². The number of hydrogen-bond donors (Lipinski definition) is 3. The highest BCUT2D eigenvalue weighted by Crippen LogP contribution is 2.13. The highest BCUT2D eigenvalue weighted by molar-refractivity contribution is 7.89. The second-order valence-electron chi connectivity index (χ2n) is 3.33. The van der Waals surface area contributed by atoms with Crippen molar-refractivity contribution >= 4 is 21.6 Å². The number of carbonyl (C=O) groups excluding carboxylic acids is 1. The molecule has 1 aromatic rings. The summed E-state index contributed by atoms with van der Waals surface area (Å²) >= 11 is 0. The van der Waals surface area contributed by atoms with Crippen LogP contribution in [0, 0.1) is 0 Å². The molecular formula is C10H14N2O4S. The molecular weight excluding hydrogens is 244 g/mol. The number of hydrogen-bond acceptors (Lipinski definition) is 4. The summed E-state index contributed by atoms with van der Waals surface area (Å²) in [5.41, 5.74) is 0.526. The molecule has 0 fully saturated rings. The molecule has 1 rings (SSSR count). The maximum absolute atomic E-state index is 11.6. The van der Waals surface area contributed by atoms with E-state index in [9.17, 15) is 13.2 Å². The molecule has 0 saturated heterocycles. The zero-order chi connectivity index (χ0) is 12.9. The Kier molecular flexibility index (Phi) is 4.62. The Hall–Kier alpha value is -1.44. The van der Waals surface area contributed by atoms with Crippen LogP contribution >= 0.6 is 0 Å².